The number of aromatic nitrogens is 2. The molecule has 6 heteroatoms. The smallest absolute Gasteiger partial charge is 0.191 e. The Balaban J connectivity index is 0.00000242. The second-order valence-electron chi connectivity index (χ2n) is 4.77. The van der Waals surface area contributed by atoms with Gasteiger partial charge in [0.15, 0.2) is 5.96 Å². The van der Waals surface area contributed by atoms with E-state index in [1.807, 2.05) is 36.1 Å². The summed E-state index contributed by atoms with van der Waals surface area (Å²) in [6.45, 7) is 6.43. The van der Waals surface area contributed by atoms with Gasteiger partial charge in [-0.1, -0.05) is 30.3 Å². The molecular formula is C16H24IN5. The summed E-state index contributed by atoms with van der Waals surface area (Å²) in [5.41, 5.74) is 3.24. The summed E-state index contributed by atoms with van der Waals surface area (Å²) in [6, 6.07) is 10.2. The molecule has 22 heavy (non-hydrogen) atoms. The van der Waals surface area contributed by atoms with Crippen LogP contribution in [0.4, 0.5) is 0 Å². The fraction of sp³-hybridized carbons (Fsp3) is 0.375. The lowest BCUT2D eigenvalue weighted by molar-refractivity contribution is 0.769. The summed E-state index contributed by atoms with van der Waals surface area (Å²) >= 11 is 0. The predicted octanol–water partition coefficient (Wildman–Crippen LogP) is 2.78. The van der Waals surface area contributed by atoms with Gasteiger partial charge in [0.1, 0.15) is 0 Å². The number of aryl methyl sites for hydroxylation is 1. The SMILES string of the molecule is CCNC(=NCc1cn(C)nc1-c1ccccc1)NCC.I. The number of hydrogen-bond acceptors (Lipinski definition) is 2. The molecule has 0 fully saturated rings. The number of nitrogens with one attached hydrogen (secondary N) is 2. The minimum atomic E-state index is 0. The summed E-state index contributed by atoms with van der Waals surface area (Å²) in [5, 5.41) is 11.0. The van der Waals surface area contributed by atoms with Crippen molar-refractivity contribution in [3.8, 4) is 11.3 Å². The van der Waals surface area contributed by atoms with Crippen LogP contribution in [0.2, 0.25) is 0 Å². The molecule has 2 N–H and O–H groups in total. The third-order valence-electron chi connectivity index (χ3n) is 3.05. The summed E-state index contributed by atoms with van der Waals surface area (Å²) in [7, 11) is 1.94. The van der Waals surface area contributed by atoms with Crippen LogP contribution in [-0.4, -0.2) is 28.8 Å². The highest BCUT2D eigenvalue weighted by atomic mass is 127. The van der Waals surface area contributed by atoms with Crippen LogP contribution in [-0.2, 0) is 13.6 Å². The van der Waals surface area contributed by atoms with E-state index in [9.17, 15) is 0 Å². The zero-order valence-electron chi connectivity index (χ0n) is 13.3. The van der Waals surface area contributed by atoms with Crippen LogP contribution in [0.3, 0.4) is 0 Å². The summed E-state index contributed by atoms with van der Waals surface area (Å²) in [6.07, 6.45) is 2.03. The molecule has 0 aliphatic carbocycles. The summed E-state index contributed by atoms with van der Waals surface area (Å²) in [5.74, 6) is 0.836. The highest BCUT2D eigenvalue weighted by Crippen LogP contribution is 2.22. The number of aliphatic imine (C=N–C) groups is 1. The Hall–Kier alpha value is -1.57. The zero-order valence-corrected chi connectivity index (χ0v) is 15.7. The number of rotatable bonds is 5. The van der Waals surface area contributed by atoms with Crippen LogP contribution in [0.25, 0.3) is 11.3 Å². The molecule has 0 unspecified atom stereocenters. The molecule has 0 saturated carbocycles. The standard InChI is InChI=1S/C16H23N5.HI/c1-4-17-16(18-5-2)19-11-14-12-21(3)20-15(14)13-9-7-6-8-10-13;/h6-10,12H,4-5,11H2,1-3H3,(H2,17,18,19);1H. The van der Waals surface area contributed by atoms with Crippen molar-refractivity contribution < 1.29 is 0 Å². The monoisotopic (exact) mass is 413 g/mol. The van der Waals surface area contributed by atoms with E-state index < -0.39 is 0 Å². The molecule has 0 radical (unpaired) electrons. The fourth-order valence-electron chi connectivity index (χ4n) is 2.17. The van der Waals surface area contributed by atoms with Crippen molar-refractivity contribution in [2.45, 2.75) is 20.4 Å². The maximum Gasteiger partial charge on any atom is 0.191 e. The van der Waals surface area contributed by atoms with Crippen LogP contribution >= 0.6 is 24.0 Å². The predicted molar refractivity (Wildman–Crippen MR) is 103 cm³/mol. The topological polar surface area (TPSA) is 54.2 Å². The van der Waals surface area contributed by atoms with E-state index in [1.165, 1.54) is 0 Å². The lowest BCUT2D eigenvalue weighted by Gasteiger charge is -2.09. The van der Waals surface area contributed by atoms with Gasteiger partial charge in [0.05, 0.1) is 12.2 Å². The van der Waals surface area contributed by atoms with E-state index in [-0.39, 0.29) is 24.0 Å². The van der Waals surface area contributed by atoms with Gasteiger partial charge in [-0.15, -0.1) is 24.0 Å². The molecular weight excluding hydrogens is 389 g/mol. The molecule has 0 bridgehead atoms. The Bertz CT molecular complexity index is 584. The molecule has 0 saturated heterocycles. The molecule has 0 aliphatic rings. The maximum atomic E-state index is 4.61. The minimum absolute atomic E-state index is 0. The molecule has 2 aromatic rings. The maximum absolute atomic E-state index is 4.61. The van der Waals surface area contributed by atoms with E-state index in [0.717, 1.165) is 35.9 Å². The third kappa shape index (κ3) is 5.01. The number of hydrogen-bond donors (Lipinski definition) is 2. The van der Waals surface area contributed by atoms with Gasteiger partial charge < -0.3 is 10.6 Å². The highest BCUT2D eigenvalue weighted by molar-refractivity contribution is 14.0. The molecule has 1 aromatic carbocycles. The summed E-state index contributed by atoms with van der Waals surface area (Å²) in [4.78, 5) is 4.61. The van der Waals surface area contributed by atoms with E-state index in [2.05, 4.69) is 46.7 Å². The van der Waals surface area contributed by atoms with Crippen molar-refractivity contribution in [3.05, 3.63) is 42.1 Å². The van der Waals surface area contributed by atoms with E-state index in [0.29, 0.717) is 6.54 Å². The summed E-state index contributed by atoms with van der Waals surface area (Å²) < 4.78 is 1.84. The highest BCUT2D eigenvalue weighted by Gasteiger charge is 2.09. The Morgan fingerprint density at radius 1 is 1.14 bits per heavy atom. The zero-order chi connectivity index (χ0) is 15.1. The first-order chi connectivity index (χ1) is 10.2. The number of guanidine groups is 1. The van der Waals surface area contributed by atoms with Gasteiger partial charge in [0, 0.05) is 37.5 Å². The molecule has 1 heterocycles. The molecule has 0 atom stereocenters. The van der Waals surface area contributed by atoms with Crippen LogP contribution in [0.15, 0.2) is 41.5 Å². The average molecular weight is 413 g/mol. The molecule has 0 amide bonds. The van der Waals surface area contributed by atoms with Crippen molar-refractivity contribution in [2.75, 3.05) is 13.1 Å². The van der Waals surface area contributed by atoms with Crippen molar-refractivity contribution in [1.29, 1.82) is 0 Å². The van der Waals surface area contributed by atoms with Gasteiger partial charge in [0.25, 0.3) is 0 Å². The molecule has 0 aliphatic heterocycles. The normalized spacial score (nSPS) is 9.77. The van der Waals surface area contributed by atoms with Crippen LogP contribution in [0.1, 0.15) is 19.4 Å². The van der Waals surface area contributed by atoms with Gasteiger partial charge in [0.2, 0.25) is 0 Å². The van der Waals surface area contributed by atoms with E-state index in [4.69, 9.17) is 0 Å². The molecule has 1 aromatic heterocycles. The lowest BCUT2D eigenvalue weighted by atomic mass is 10.1. The van der Waals surface area contributed by atoms with Crippen LogP contribution in [0.5, 0.6) is 0 Å². The van der Waals surface area contributed by atoms with Crippen molar-refractivity contribution >= 4 is 29.9 Å². The Labute approximate surface area is 149 Å². The Kier molecular flexibility index (Phi) is 7.94. The van der Waals surface area contributed by atoms with Gasteiger partial charge >= 0.3 is 0 Å². The van der Waals surface area contributed by atoms with Crippen LogP contribution in [0, 0.1) is 0 Å². The number of nitrogens with zero attached hydrogens (tertiary/aromatic N) is 3. The van der Waals surface area contributed by atoms with E-state index >= 15 is 0 Å². The fourth-order valence-corrected chi connectivity index (χ4v) is 2.17. The quantitative estimate of drug-likeness (QED) is 0.451. The molecule has 120 valence electrons. The average Bonchev–Trinajstić information content (AvgIpc) is 2.87. The minimum Gasteiger partial charge on any atom is -0.357 e. The number of benzene rings is 1. The molecule has 2 rings (SSSR count). The van der Waals surface area contributed by atoms with E-state index in [1.54, 1.807) is 0 Å². The van der Waals surface area contributed by atoms with Crippen molar-refractivity contribution in [1.82, 2.24) is 20.4 Å². The molecule has 5 nitrogen and oxygen atoms in total. The second kappa shape index (κ2) is 9.45. The first-order valence-electron chi connectivity index (χ1n) is 7.34. The third-order valence-corrected chi connectivity index (χ3v) is 3.05. The van der Waals surface area contributed by atoms with Gasteiger partial charge in [-0.05, 0) is 13.8 Å². The molecule has 0 spiro atoms. The first kappa shape index (κ1) is 18.5. The first-order valence-corrected chi connectivity index (χ1v) is 7.34. The second-order valence-corrected chi connectivity index (χ2v) is 4.77. The van der Waals surface area contributed by atoms with Crippen LogP contribution < -0.4 is 10.6 Å². The van der Waals surface area contributed by atoms with Crippen molar-refractivity contribution in [2.24, 2.45) is 12.0 Å². The van der Waals surface area contributed by atoms with Crippen molar-refractivity contribution in [3.63, 3.8) is 0 Å². The number of halogens is 1. The Morgan fingerprint density at radius 2 is 1.77 bits per heavy atom. The Morgan fingerprint density at radius 3 is 2.36 bits per heavy atom. The largest absolute Gasteiger partial charge is 0.357 e. The van der Waals surface area contributed by atoms with Gasteiger partial charge in [-0.25, -0.2) is 4.99 Å². The lowest BCUT2D eigenvalue weighted by Crippen LogP contribution is -2.36. The van der Waals surface area contributed by atoms with Gasteiger partial charge in [-0.3, -0.25) is 4.68 Å². The van der Waals surface area contributed by atoms with Gasteiger partial charge in [-0.2, -0.15) is 5.10 Å².